The highest BCUT2D eigenvalue weighted by atomic mass is 16.6. The number of aliphatic imine (C=N–C) groups is 1. The minimum atomic E-state index is -1.17. The number of hydrogen-bond acceptors (Lipinski definition) is 5. The number of ether oxygens (including phenoxy) is 1. The number of alkyl carbamates (subject to hydrolysis) is 1. The van der Waals surface area contributed by atoms with E-state index in [0.29, 0.717) is 5.70 Å². The lowest BCUT2D eigenvalue weighted by atomic mass is 10.1. The average molecular weight is 476 g/mol. The number of rotatable bonds is 10. The van der Waals surface area contributed by atoms with Gasteiger partial charge in [0.25, 0.3) is 0 Å². The lowest BCUT2D eigenvalue weighted by molar-refractivity contribution is -0.141. The summed E-state index contributed by atoms with van der Waals surface area (Å²) in [5, 5.41) is 13.8. The van der Waals surface area contributed by atoms with E-state index in [2.05, 4.69) is 46.8 Å². The Kier molecular flexibility index (Phi) is 14.9. The number of carboxylic acids is 1. The van der Waals surface area contributed by atoms with Crippen molar-refractivity contribution in [2.24, 2.45) is 4.99 Å². The lowest BCUT2D eigenvalue weighted by Crippen LogP contribution is -2.51. The van der Waals surface area contributed by atoms with Gasteiger partial charge in [-0.15, -0.1) is 0 Å². The number of carbonyl (C=O) groups is 3. The summed E-state index contributed by atoms with van der Waals surface area (Å²) in [5.74, 6) is -1.78. The van der Waals surface area contributed by atoms with Gasteiger partial charge < -0.3 is 20.5 Å². The minimum Gasteiger partial charge on any atom is -0.480 e. The summed E-state index contributed by atoms with van der Waals surface area (Å²) in [6, 6.07) is 8.37. The third-order valence-electron chi connectivity index (χ3n) is 4.41. The van der Waals surface area contributed by atoms with Crippen molar-refractivity contribution in [1.29, 1.82) is 0 Å². The van der Waals surface area contributed by atoms with Crippen molar-refractivity contribution in [2.75, 3.05) is 0 Å². The second kappa shape index (κ2) is 16.5. The molecule has 1 aromatic rings. The Labute approximate surface area is 203 Å². The van der Waals surface area contributed by atoms with Gasteiger partial charge in [-0.2, -0.15) is 0 Å². The molecule has 3 N–H and O–H groups in total. The van der Waals surface area contributed by atoms with Crippen LogP contribution >= 0.6 is 0 Å². The summed E-state index contributed by atoms with van der Waals surface area (Å²) in [7, 11) is 0. The molecule has 0 fully saturated rings. The van der Waals surface area contributed by atoms with Crippen LogP contribution in [0.15, 0.2) is 47.1 Å². The number of aliphatic carboxylic acids is 1. The van der Waals surface area contributed by atoms with E-state index in [9.17, 15) is 14.4 Å². The van der Waals surface area contributed by atoms with Gasteiger partial charge in [0.15, 0.2) is 0 Å². The fourth-order valence-corrected chi connectivity index (χ4v) is 2.51. The number of unbranched alkanes of at least 4 members (excludes halogenated alkanes) is 1. The molecular weight excluding hydrogens is 434 g/mol. The van der Waals surface area contributed by atoms with Crippen molar-refractivity contribution in [3.8, 4) is 0 Å². The molecule has 0 heterocycles. The van der Waals surface area contributed by atoms with E-state index in [1.54, 1.807) is 40.0 Å². The molecule has 2 unspecified atom stereocenters. The van der Waals surface area contributed by atoms with Crippen LogP contribution in [0.3, 0.4) is 0 Å². The molecule has 1 aromatic carbocycles. The zero-order chi connectivity index (χ0) is 26.1. The zero-order valence-corrected chi connectivity index (χ0v) is 21.6. The number of nitrogens with zero attached hydrogens (tertiary/aromatic N) is 1. The predicted octanol–water partition coefficient (Wildman–Crippen LogP) is 4.88. The smallest absolute Gasteiger partial charge is 0.408 e. The fourth-order valence-electron chi connectivity index (χ4n) is 2.51. The van der Waals surface area contributed by atoms with Crippen molar-refractivity contribution < 1.29 is 24.2 Å². The first-order valence-electron chi connectivity index (χ1n) is 11.7. The average Bonchev–Trinajstić information content (AvgIpc) is 2.77. The van der Waals surface area contributed by atoms with Crippen LogP contribution in [-0.2, 0) is 20.7 Å². The number of carbonyl (C=O) groups excluding carboxylic acids is 2. The Morgan fingerprint density at radius 2 is 1.74 bits per heavy atom. The van der Waals surface area contributed by atoms with Crippen LogP contribution in [0.1, 0.15) is 73.3 Å². The second-order valence-electron chi connectivity index (χ2n) is 8.69. The third-order valence-corrected chi connectivity index (χ3v) is 4.41. The standard InChI is InChI=1S/C18H31N3O5.C8H10/c1-7-9-10-19-13(8-2)11-14(15(22)20-12(3)16(23)24)21-17(25)26-18(4,5)6;1-2-8-6-4-3-5-7-8/h8,10,12,14H,7,9,11H2,1-6H3,(H,20,22)(H,21,25)(H,23,24);3-7H,2H2,1H3/b13-8-,19-10?;. The molecule has 8 nitrogen and oxygen atoms in total. The Hall–Kier alpha value is -3.16. The van der Waals surface area contributed by atoms with Gasteiger partial charge in [0.1, 0.15) is 17.7 Å². The summed E-state index contributed by atoms with van der Waals surface area (Å²) >= 11 is 0. The van der Waals surface area contributed by atoms with Gasteiger partial charge in [-0.3, -0.25) is 14.6 Å². The van der Waals surface area contributed by atoms with Crippen molar-refractivity contribution in [3.05, 3.63) is 47.7 Å². The van der Waals surface area contributed by atoms with Gasteiger partial charge in [-0.1, -0.05) is 56.7 Å². The molecule has 0 saturated heterocycles. The molecule has 0 aliphatic heterocycles. The highest BCUT2D eigenvalue weighted by molar-refractivity contribution is 5.89. The summed E-state index contributed by atoms with van der Waals surface area (Å²) in [4.78, 5) is 39.7. The van der Waals surface area contributed by atoms with Gasteiger partial charge in [-0.25, -0.2) is 4.79 Å². The first-order valence-corrected chi connectivity index (χ1v) is 11.7. The molecule has 1 rings (SSSR count). The lowest BCUT2D eigenvalue weighted by Gasteiger charge is -2.24. The van der Waals surface area contributed by atoms with Gasteiger partial charge in [0.2, 0.25) is 5.91 Å². The highest BCUT2D eigenvalue weighted by Gasteiger charge is 2.27. The molecule has 34 heavy (non-hydrogen) atoms. The molecule has 0 aliphatic rings. The van der Waals surface area contributed by atoms with Gasteiger partial charge >= 0.3 is 12.1 Å². The molecule has 0 aliphatic carbocycles. The van der Waals surface area contributed by atoms with Crippen molar-refractivity contribution in [3.63, 3.8) is 0 Å². The molecule has 0 aromatic heterocycles. The minimum absolute atomic E-state index is 0.119. The van der Waals surface area contributed by atoms with Crippen LogP contribution in [0.5, 0.6) is 0 Å². The number of allylic oxidation sites excluding steroid dienone is 1. The van der Waals surface area contributed by atoms with Crippen LogP contribution < -0.4 is 10.6 Å². The maximum atomic E-state index is 12.4. The van der Waals surface area contributed by atoms with Crippen LogP contribution in [-0.4, -0.2) is 47.0 Å². The van der Waals surface area contributed by atoms with Gasteiger partial charge in [0.05, 0.1) is 0 Å². The molecule has 0 spiro atoms. The predicted molar refractivity (Wildman–Crippen MR) is 136 cm³/mol. The first kappa shape index (κ1) is 30.8. The van der Waals surface area contributed by atoms with Crippen LogP contribution in [0.2, 0.25) is 0 Å². The van der Waals surface area contributed by atoms with Crippen LogP contribution in [0.25, 0.3) is 0 Å². The normalized spacial score (nSPS) is 13.3. The van der Waals surface area contributed by atoms with E-state index >= 15 is 0 Å². The number of hydrogen-bond donors (Lipinski definition) is 3. The molecule has 0 bridgehead atoms. The summed E-state index contributed by atoms with van der Waals surface area (Å²) in [5.41, 5.74) is 1.30. The van der Waals surface area contributed by atoms with E-state index in [1.807, 2.05) is 13.0 Å². The number of aryl methyl sites for hydroxylation is 1. The van der Waals surface area contributed by atoms with Crippen LogP contribution in [0.4, 0.5) is 4.79 Å². The SMILES string of the molecule is C/C=C(/CC(NC(=O)OC(C)(C)C)C(=O)NC(C)C(=O)O)N=CCCC.CCc1ccccc1. The summed E-state index contributed by atoms with van der Waals surface area (Å²) in [6.07, 6.45) is 5.73. The van der Waals surface area contributed by atoms with Crippen molar-refractivity contribution >= 4 is 24.2 Å². The monoisotopic (exact) mass is 475 g/mol. The van der Waals surface area contributed by atoms with Crippen molar-refractivity contribution in [1.82, 2.24) is 10.6 Å². The van der Waals surface area contributed by atoms with E-state index in [1.165, 1.54) is 12.5 Å². The maximum Gasteiger partial charge on any atom is 0.408 e. The summed E-state index contributed by atoms with van der Waals surface area (Å²) in [6.45, 7) is 12.4. The number of amides is 2. The first-order chi connectivity index (χ1) is 15.9. The largest absolute Gasteiger partial charge is 0.480 e. The van der Waals surface area contributed by atoms with E-state index < -0.39 is 35.7 Å². The Bertz CT molecular complexity index is 813. The van der Waals surface area contributed by atoms with E-state index in [4.69, 9.17) is 9.84 Å². The number of nitrogens with one attached hydrogen (secondary N) is 2. The Morgan fingerprint density at radius 1 is 1.12 bits per heavy atom. The number of benzene rings is 1. The summed E-state index contributed by atoms with van der Waals surface area (Å²) < 4.78 is 5.18. The Morgan fingerprint density at radius 3 is 2.18 bits per heavy atom. The zero-order valence-electron chi connectivity index (χ0n) is 21.6. The topological polar surface area (TPSA) is 117 Å². The highest BCUT2D eigenvalue weighted by Crippen LogP contribution is 2.11. The van der Waals surface area contributed by atoms with E-state index in [-0.39, 0.29) is 6.42 Å². The Balaban J connectivity index is 0.00000113. The van der Waals surface area contributed by atoms with E-state index in [0.717, 1.165) is 19.3 Å². The second-order valence-corrected chi connectivity index (χ2v) is 8.69. The molecule has 2 atom stereocenters. The van der Waals surface area contributed by atoms with Crippen molar-refractivity contribution in [2.45, 2.75) is 91.8 Å². The quantitative estimate of drug-likeness (QED) is 0.417. The molecule has 0 saturated carbocycles. The van der Waals surface area contributed by atoms with Crippen LogP contribution in [0, 0.1) is 0 Å². The number of carboxylic acid groups (broad SMARTS) is 1. The van der Waals surface area contributed by atoms with Gasteiger partial charge in [0, 0.05) is 18.3 Å². The molecule has 0 radical (unpaired) electrons. The molecule has 190 valence electrons. The molecule has 8 heteroatoms. The maximum absolute atomic E-state index is 12.4. The van der Waals surface area contributed by atoms with Gasteiger partial charge in [-0.05, 0) is 53.0 Å². The third kappa shape index (κ3) is 14.8. The molecule has 2 amide bonds. The molecular formula is C26H41N3O5. The fraction of sp³-hybridized carbons (Fsp3) is 0.538.